The Hall–Kier alpha value is -3.82. The number of nitro groups is 1. The van der Waals surface area contributed by atoms with Gasteiger partial charge in [-0.25, -0.2) is 4.68 Å². The Labute approximate surface area is 147 Å². The second kappa shape index (κ2) is 7.38. The summed E-state index contributed by atoms with van der Waals surface area (Å²) in [6.45, 7) is 2.02. The third kappa shape index (κ3) is 3.64. The number of nitrogens with one attached hydrogen (secondary N) is 1. The van der Waals surface area contributed by atoms with Crippen molar-refractivity contribution in [2.24, 2.45) is 0 Å². The number of hydrogen-bond acceptors (Lipinski definition) is 7. The van der Waals surface area contributed by atoms with E-state index in [0.717, 1.165) is 5.69 Å². The minimum atomic E-state index is -0.581. The SMILES string of the molecule is CCOc1ccc(C(=O)Nc2ccc(-n3cnnn3)cc2)cc1[N+](=O)[O-]. The quantitative estimate of drug-likeness (QED) is 0.531. The van der Waals surface area contributed by atoms with Gasteiger partial charge in [0.2, 0.25) is 0 Å². The van der Waals surface area contributed by atoms with Crippen molar-refractivity contribution in [3.63, 3.8) is 0 Å². The molecule has 0 saturated heterocycles. The van der Waals surface area contributed by atoms with Gasteiger partial charge in [0.15, 0.2) is 5.75 Å². The molecule has 132 valence electrons. The number of ether oxygens (including phenoxy) is 1. The average molecular weight is 354 g/mol. The third-order valence-corrected chi connectivity index (χ3v) is 3.46. The summed E-state index contributed by atoms with van der Waals surface area (Å²) in [4.78, 5) is 22.9. The van der Waals surface area contributed by atoms with E-state index >= 15 is 0 Å². The van der Waals surface area contributed by atoms with E-state index in [2.05, 4.69) is 20.8 Å². The van der Waals surface area contributed by atoms with Crippen LogP contribution in [0.25, 0.3) is 5.69 Å². The van der Waals surface area contributed by atoms with Crippen LogP contribution in [0, 0.1) is 10.1 Å². The number of benzene rings is 2. The lowest BCUT2D eigenvalue weighted by molar-refractivity contribution is -0.385. The summed E-state index contributed by atoms with van der Waals surface area (Å²) in [6, 6.07) is 10.9. The van der Waals surface area contributed by atoms with Gasteiger partial charge in [0.25, 0.3) is 5.91 Å². The highest BCUT2D eigenvalue weighted by Gasteiger charge is 2.18. The van der Waals surface area contributed by atoms with Crippen molar-refractivity contribution < 1.29 is 14.5 Å². The van der Waals surface area contributed by atoms with Crippen LogP contribution in [0.4, 0.5) is 11.4 Å². The number of rotatable bonds is 6. The number of carbonyl (C=O) groups is 1. The number of tetrazole rings is 1. The van der Waals surface area contributed by atoms with E-state index in [-0.39, 0.29) is 17.0 Å². The molecule has 1 amide bonds. The molecule has 0 spiro atoms. The summed E-state index contributed by atoms with van der Waals surface area (Å²) in [6.07, 6.45) is 1.45. The fourth-order valence-electron chi connectivity index (χ4n) is 2.26. The molecule has 26 heavy (non-hydrogen) atoms. The molecule has 10 nitrogen and oxygen atoms in total. The monoisotopic (exact) mass is 354 g/mol. The van der Waals surface area contributed by atoms with Crippen LogP contribution >= 0.6 is 0 Å². The zero-order valence-electron chi connectivity index (χ0n) is 13.7. The number of nitro benzene ring substituents is 1. The molecule has 0 radical (unpaired) electrons. The predicted octanol–water partition coefficient (Wildman–Crippen LogP) is 2.22. The average Bonchev–Trinajstić information content (AvgIpc) is 3.17. The van der Waals surface area contributed by atoms with E-state index in [1.165, 1.54) is 29.2 Å². The maximum atomic E-state index is 12.4. The molecule has 0 saturated carbocycles. The maximum absolute atomic E-state index is 12.4. The molecule has 3 rings (SSSR count). The van der Waals surface area contributed by atoms with Crippen LogP contribution in [0.15, 0.2) is 48.8 Å². The lowest BCUT2D eigenvalue weighted by Gasteiger charge is -2.08. The predicted molar refractivity (Wildman–Crippen MR) is 91.4 cm³/mol. The maximum Gasteiger partial charge on any atom is 0.311 e. The van der Waals surface area contributed by atoms with Gasteiger partial charge in [0, 0.05) is 17.3 Å². The molecule has 2 aromatic carbocycles. The van der Waals surface area contributed by atoms with Crippen molar-refractivity contribution in [1.29, 1.82) is 0 Å². The van der Waals surface area contributed by atoms with E-state index in [0.29, 0.717) is 12.3 Å². The Morgan fingerprint density at radius 2 is 2.04 bits per heavy atom. The van der Waals surface area contributed by atoms with Gasteiger partial charge in [-0.15, -0.1) is 5.10 Å². The van der Waals surface area contributed by atoms with Crippen molar-refractivity contribution in [3.05, 3.63) is 64.5 Å². The van der Waals surface area contributed by atoms with E-state index in [4.69, 9.17) is 4.74 Å². The molecule has 10 heteroatoms. The summed E-state index contributed by atoms with van der Waals surface area (Å²) in [7, 11) is 0. The smallest absolute Gasteiger partial charge is 0.311 e. The summed E-state index contributed by atoms with van der Waals surface area (Å²) >= 11 is 0. The molecule has 0 fully saturated rings. The topological polar surface area (TPSA) is 125 Å². The van der Waals surface area contributed by atoms with Crippen LogP contribution in [-0.2, 0) is 0 Å². The molecule has 1 aromatic heterocycles. The highest BCUT2D eigenvalue weighted by Crippen LogP contribution is 2.28. The first-order chi connectivity index (χ1) is 12.6. The van der Waals surface area contributed by atoms with Gasteiger partial charge in [-0.3, -0.25) is 14.9 Å². The van der Waals surface area contributed by atoms with Crippen LogP contribution < -0.4 is 10.1 Å². The Bertz CT molecular complexity index is 924. The lowest BCUT2D eigenvalue weighted by Crippen LogP contribution is -2.12. The third-order valence-electron chi connectivity index (χ3n) is 3.46. The van der Waals surface area contributed by atoms with Crippen molar-refractivity contribution in [3.8, 4) is 11.4 Å². The molecular formula is C16H14N6O4. The highest BCUT2D eigenvalue weighted by atomic mass is 16.6. The van der Waals surface area contributed by atoms with Gasteiger partial charge in [-0.1, -0.05) is 0 Å². The molecule has 1 N–H and O–H groups in total. The number of aromatic nitrogens is 4. The van der Waals surface area contributed by atoms with Crippen molar-refractivity contribution in [2.45, 2.75) is 6.92 Å². The first kappa shape index (κ1) is 17.0. The Kier molecular flexibility index (Phi) is 4.83. The molecule has 0 aliphatic rings. The van der Waals surface area contributed by atoms with Gasteiger partial charge in [-0.05, 0) is 53.7 Å². The first-order valence-corrected chi connectivity index (χ1v) is 7.64. The summed E-state index contributed by atoms with van der Waals surface area (Å²) in [5.74, 6) is -0.342. The summed E-state index contributed by atoms with van der Waals surface area (Å²) in [5.41, 5.74) is 1.16. The van der Waals surface area contributed by atoms with E-state index in [9.17, 15) is 14.9 Å². The van der Waals surface area contributed by atoms with Gasteiger partial charge < -0.3 is 10.1 Å². The van der Waals surface area contributed by atoms with Crippen molar-refractivity contribution in [2.75, 3.05) is 11.9 Å². The van der Waals surface area contributed by atoms with Crippen LogP contribution in [0.3, 0.4) is 0 Å². The van der Waals surface area contributed by atoms with Gasteiger partial charge in [-0.2, -0.15) is 0 Å². The molecule has 0 aliphatic carbocycles. The fourth-order valence-corrected chi connectivity index (χ4v) is 2.26. The standard InChI is InChI=1S/C16H14N6O4/c1-2-26-15-8-3-11(9-14(15)22(24)25)16(23)18-12-4-6-13(7-5-12)21-10-17-19-20-21/h3-10H,2H2,1H3,(H,18,23). The second-order valence-corrected chi connectivity index (χ2v) is 5.13. The molecule has 0 bridgehead atoms. The van der Waals surface area contributed by atoms with E-state index < -0.39 is 10.8 Å². The number of nitrogens with zero attached hydrogens (tertiary/aromatic N) is 5. The van der Waals surface area contributed by atoms with Gasteiger partial charge in [0.05, 0.1) is 17.2 Å². The molecular weight excluding hydrogens is 340 g/mol. The Morgan fingerprint density at radius 1 is 1.27 bits per heavy atom. The summed E-state index contributed by atoms with van der Waals surface area (Å²) in [5, 5.41) is 24.7. The van der Waals surface area contributed by atoms with Gasteiger partial charge in [0.1, 0.15) is 6.33 Å². The molecule has 3 aromatic rings. The number of anilines is 1. The number of amides is 1. The van der Waals surface area contributed by atoms with E-state index in [1.54, 1.807) is 31.2 Å². The van der Waals surface area contributed by atoms with Gasteiger partial charge >= 0.3 is 5.69 Å². The minimum absolute atomic E-state index is 0.125. The van der Waals surface area contributed by atoms with Crippen molar-refractivity contribution >= 4 is 17.3 Å². The first-order valence-electron chi connectivity index (χ1n) is 7.64. The van der Waals surface area contributed by atoms with E-state index in [1.807, 2.05) is 0 Å². The normalized spacial score (nSPS) is 10.3. The zero-order chi connectivity index (χ0) is 18.5. The van der Waals surface area contributed by atoms with Crippen LogP contribution in [-0.4, -0.2) is 37.6 Å². The number of carbonyl (C=O) groups excluding carboxylic acids is 1. The minimum Gasteiger partial charge on any atom is -0.487 e. The van der Waals surface area contributed by atoms with Crippen LogP contribution in [0.5, 0.6) is 5.75 Å². The summed E-state index contributed by atoms with van der Waals surface area (Å²) < 4.78 is 6.68. The Morgan fingerprint density at radius 3 is 2.65 bits per heavy atom. The molecule has 0 unspecified atom stereocenters. The molecule has 0 atom stereocenters. The lowest BCUT2D eigenvalue weighted by atomic mass is 10.1. The second-order valence-electron chi connectivity index (χ2n) is 5.13. The van der Waals surface area contributed by atoms with Crippen LogP contribution in [0.2, 0.25) is 0 Å². The van der Waals surface area contributed by atoms with Crippen LogP contribution in [0.1, 0.15) is 17.3 Å². The van der Waals surface area contributed by atoms with Crippen molar-refractivity contribution in [1.82, 2.24) is 20.2 Å². The Balaban J connectivity index is 1.77. The molecule has 0 aliphatic heterocycles. The zero-order valence-corrected chi connectivity index (χ0v) is 13.7. The fraction of sp³-hybridized carbons (Fsp3) is 0.125. The molecule has 1 heterocycles. The highest BCUT2D eigenvalue weighted by molar-refractivity contribution is 6.04. The largest absolute Gasteiger partial charge is 0.487 e. The number of hydrogen-bond donors (Lipinski definition) is 1.